The summed E-state index contributed by atoms with van der Waals surface area (Å²) in [6, 6.07) is 9.62. The number of carbonyl (C=O) groups excluding carboxylic acids is 1. The van der Waals surface area contributed by atoms with Gasteiger partial charge in [0, 0.05) is 12.5 Å². The Hall–Kier alpha value is -1.83. The predicted octanol–water partition coefficient (Wildman–Crippen LogP) is 3.51. The maximum Gasteiger partial charge on any atom is 0.159 e. The van der Waals surface area contributed by atoms with Crippen molar-refractivity contribution in [3.8, 4) is 0 Å². The normalized spacial score (nSPS) is 11.9. The largest absolute Gasteiger partial charge is 0.508 e. The Balaban J connectivity index is 2.60. The van der Waals surface area contributed by atoms with Crippen LogP contribution in [0.3, 0.4) is 0 Å². The number of aliphatic hydroxyl groups excluding tert-OH is 1. The van der Waals surface area contributed by atoms with Gasteiger partial charge >= 0.3 is 0 Å². The molecule has 0 unspecified atom stereocenters. The van der Waals surface area contributed by atoms with Crippen molar-refractivity contribution in [2.45, 2.75) is 19.8 Å². The lowest BCUT2D eigenvalue weighted by atomic mass is 10.2. The number of ketones is 1. The number of benzene rings is 1. The molecule has 0 amide bonds. The molecule has 0 radical (unpaired) electrons. The molecule has 2 heteroatoms. The van der Waals surface area contributed by atoms with Crippen molar-refractivity contribution in [3.05, 3.63) is 53.8 Å². The standard InChI is InChI=1S/C14H16O2/c1-2-6-13(15)11-14(16)10-9-12-7-4-3-5-8-12/h3-5,7-11,16H,2,6H2,1H3/b10-9+,14-11-. The van der Waals surface area contributed by atoms with Gasteiger partial charge in [0.25, 0.3) is 0 Å². The predicted molar refractivity (Wildman–Crippen MR) is 66.1 cm³/mol. The Kier molecular flexibility index (Phi) is 5.06. The lowest BCUT2D eigenvalue weighted by molar-refractivity contribution is -0.114. The monoisotopic (exact) mass is 216 g/mol. The number of allylic oxidation sites excluding steroid dienone is 2. The third-order valence-electron chi connectivity index (χ3n) is 2.05. The first kappa shape index (κ1) is 12.2. The molecule has 1 rings (SSSR count). The van der Waals surface area contributed by atoms with Gasteiger partial charge in [-0.05, 0) is 18.1 Å². The first-order valence-corrected chi connectivity index (χ1v) is 5.39. The molecule has 0 aromatic heterocycles. The zero-order chi connectivity index (χ0) is 11.8. The molecule has 0 fully saturated rings. The van der Waals surface area contributed by atoms with Crippen LogP contribution in [0.15, 0.2) is 48.2 Å². The summed E-state index contributed by atoms with van der Waals surface area (Å²) in [6.07, 6.45) is 5.84. The molecule has 84 valence electrons. The fourth-order valence-corrected chi connectivity index (χ4v) is 1.28. The fraction of sp³-hybridized carbons (Fsp3) is 0.214. The SMILES string of the molecule is CCCC(=O)/C=C(O)/C=C/c1ccccc1. The summed E-state index contributed by atoms with van der Waals surface area (Å²) in [4.78, 5) is 11.2. The molecular formula is C14H16O2. The van der Waals surface area contributed by atoms with Crippen LogP contribution >= 0.6 is 0 Å². The molecule has 0 saturated carbocycles. The van der Waals surface area contributed by atoms with E-state index in [9.17, 15) is 9.90 Å². The van der Waals surface area contributed by atoms with Crippen molar-refractivity contribution < 1.29 is 9.90 Å². The Morgan fingerprint density at radius 3 is 2.62 bits per heavy atom. The third kappa shape index (κ3) is 4.60. The van der Waals surface area contributed by atoms with E-state index in [4.69, 9.17) is 0 Å². The quantitative estimate of drug-likeness (QED) is 0.464. The highest BCUT2D eigenvalue weighted by Crippen LogP contribution is 2.04. The van der Waals surface area contributed by atoms with Crippen LogP contribution in [-0.4, -0.2) is 10.9 Å². The van der Waals surface area contributed by atoms with Crippen LogP contribution < -0.4 is 0 Å². The zero-order valence-electron chi connectivity index (χ0n) is 9.39. The van der Waals surface area contributed by atoms with E-state index in [1.54, 1.807) is 6.08 Å². The van der Waals surface area contributed by atoms with E-state index >= 15 is 0 Å². The molecule has 0 aliphatic carbocycles. The summed E-state index contributed by atoms with van der Waals surface area (Å²) in [5.41, 5.74) is 0.991. The van der Waals surface area contributed by atoms with Crippen molar-refractivity contribution in [3.63, 3.8) is 0 Å². The number of hydrogen-bond donors (Lipinski definition) is 1. The second kappa shape index (κ2) is 6.62. The highest BCUT2D eigenvalue weighted by Gasteiger charge is 1.96. The van der Waals surface area contributed by atoms with Crippen LogP contribution in [0.25, 0.3) is 6.08 Å². The van der Waals surface area contributed by atoms with Crippen LogP contribution in [0.2, 0.25) is 0 Å². The molecular weight excluding hydrogens is 200 g/mol. The minimum Gasteiger partial charge on any atom is -0.508 e. The molecule has 0 bridgehead atoms. The van der Waals surface area contributed by atoms with Crippen molar-refractivity contribution in [1.82, 2.24) is 0 Å². The summed E-state index contributed by atoms with van der Waals surface area (Å²) in [7, 11) is 0. The Bertz CT molecular complexity index is 388. The average Bonchev–Trinajstić information content (AvgIpc) is 2.28. The maximum absolute atomic E-state index is 11.2. The highest BCUT2D eigenvalue weighted by atomic mass is 16.3. The van der Waals surface area contributed by atoms with Gasteiger partial charge in [0.1, 0.15) is 5.76 Å². The molecule has 1 N–H and O–H groups in total. The second-order valence-corrected chi connectivity index (χ2v) is 3.53. The molecule has 0 spiro atoms. The summed E-state index contributed by atoms with van der Waals surface area (Å²) in [5, 5.41) is 9.46. The van der Waals surface area contributed by atoms with E-state index in [1.807, 2.05) is 37.3 Å². The Labute approximate surface area is 95.9 Å². The Morgan fingerprint density at radius 2 is 2.00 bits per heavy atom. The molecule has 0 atom stereocenters. The molecule has 0 saturated heterocycles. The van der Waals surface area contributed by atoms with E-state index in [0.717, 1.165) is 12.0 Å². The van der Waals surface area contributed by atoms with Crippen molar-refractivity contribution in [2.75, 3.05) is 0 Å². The molecule has 2 nitrogen and oxygen atoms in total. The van der Waals surface area contributed by atoms with Gasteiger partial charge in [0.05, 0.1) is 0 Å². The average molecular weight is 216 g/mol. The van der Waals surface area contributed by atoms with Gasteiger partial charge in [0.15, 0.2) is 5.78 Å². The van der Waals surface area contributed by atoms with Crippen molar-refractivity contribution >= 4 is 11.9 Å². The van der Waals surface area contributed by atoms with Crippen LogP contribution in [0, 0.1) is 0 Å². The molecule has 0 heterocycles. The van der Waals surface area contributed by atoms with Crippen LogP contribution in [0.4, 0.5) is 0 Å². The van der Waals surface area contributed by atoms with E-state index < -0.39 is 0 Å². The van der Waals surface area contributed by atoms with Gasteiger partial charge in [-0.15, -0.1) is 0 Å². The summed E-state index contributed by atoms with van der Waals surface area (Å²) in [5.74, 6) is -0.0417. The van der Waals surface area contributed by atoms with E-state index in [-0.39, 0.29) is 11.5 Å². The van der Waals surface area contributed by atoms with Gasteiger partial charge in [-0.2, -0.15) is 0 Å². The van der Waals surface area contributed by atoms with Crippen molar-refractivity contribution in [2.24, 2.45) is 0 Å². The van der Waals surface area contributed by atoms with Gasteiger partial charge in [0.2, 0.25) is 0 Å². The minimum absolute atomic E-state index is 0.00213. The van der Waals surface area contributed by atoms with Gasteiger partial charge < -0.3 is 5.11 Å². The molecule has 1 aromatic rings. The summed E-state index contributed by atoms with van der Waals surface area (Å²) in [6.45, 7) is 1.93. The molecule has 1 aromatic carbocycles. The number of carbonyl (C=O) groups is 1. The first-order chi connectivity index (χ1) is 7.72. The zero-order valence-corrected chi connectivity index (χ0v) is 9.39. The smallest absolute Gasteiger partial charge is 0.159 e. The number of hydrogen-bond acceptors (Lipinski definition) is 2. The summed E-state index contributed by atoms with van der Waals surface area (Å²) < 4.78 is 0. The third-order valence-corrected chi connectivity index (χ3v) is 2.05. The first-order valence-electron chi connectivity index (χ1n) is 5.39. The maximum atomic E-state index is 11.2. The van der Waals surface area contributed by atoms with E-state index in [1.165, 1.54) is 12.2 Å². The number of aliphatic hydroxyl groups is 1. The summed E-state index contributed by atoms with van der Waals surface area (Å²) >= 11 is 0. The molecule has 0 aliphatic heterocycles. The Morgan fingerprint density at radius 1 is 1.31 bits per heavy atom. The van der Waals surface area contributed by atoms with Crippen LogP contribution in [-0.2, 0) is 4.79 Å². The molecule has 0 aliphatic rings. The van der Waals surface area contributed by atoms with Gasteiger partial charge in [-0.1, -0.05) is 43.3 Å². The highest BCUT2D eigenvalue weighted by molar-refractivity contribution is 5.90. The number of rotatable bonds is 5. The van der Waals surface area contributed by atoms with Crippen LogP contribution in [0.5, 0.6) is 0 Å². The molecule has 16 heavy (non-hydrogen) atoms. The fourth-order valence-electron chi connectivity index (χ4n) is 1.28. The van der Waals surface area contributed by atoms with Gasteiger partial charge in [-0.25, -0.2) is 0 Å². The lowest BCUT2D eigenvalue weighted by Gasteiger charge is -1.93. The van der Waals surface area contributed by atoms with E-state index in [0.29, 0.717) is 6.42 Å². The second-order valence-electron chi connectivity index (χ2n) is 3.53. The van der Waals surface area contributed by atoms with E-state index in [2.05, 4.69) is 0 Å². The lowest BCUT2D eigenvalue weighted by Crippen LogP contribution is -1.92. The van der Waals surface area contributed by atoms with Crippen molar-refractivity contribution in [1.29, 1.82) is 0 Å². The minimum atomic E-state index is -0.0438. The van der Waals surface area contributed by atoms with Crippen LogP contribution in [0.1, 0.15) is 25.3 Å². The van der Waals surface area contributed by atoms with Gasteiger partial charge in [-0.3, -0.25) is 4.79 Å². The topological polar surface area (TPSA) is 37.3 Å².